The summed E-state index contributed by atoms with van der Waals surface area (Å²) in [6, 6.07) is 3.97. The highest BCUT2D eigenvalue weighted by Crippen LogP contribution is 2.44. The van der Waals surface area contributed by atoms with Crippen LogP contribution in [0.15, 0.2) is 47.0 Å². The highest BCUT2D eigenvalue weighted by molar-refractivity contribution is 9.12. The van der Waals surface area contributed by atoms with E-state index in [2.05, 4.69) is 74.2 Å². The number of carbonyl (C=O) groups excluding carboxylic acids is 1. The molecule has 1 heterocycles. The second kappa shape index (κ2) is 11.7. The average Bonchev–Trinajstić information content (AvgIpc) is 3.19. The molecule has 0 fully saturated rings. The summed E-state index contributed by atoms with van der Waals surface area (Å²) < 4.78 is 13.8. The summed E-state index contributed by atoms with van der Waals surface area (Å²) >= 11 is 13.8. The van der Waals surface area contributed by atoms with Crippen molar-refractivity contribution in [2.24, 2.45) is 10.9 Å². The van der Waals surface area contributed by atoms with Crippen LogP contribution in [-0.4, -0.2) is 55.2 Å². The molecule has 180 valence electrons. The Morgan fingerprint density at radius 2 is 2.03 bits per heavy atom. The topological polar surface area (TPSA) is 115 Å². The number of rotatable bonds is 9. The van der Waals surface area contributed by atoms with E-state index in [1.54, 1.807) is 6.08 Å². The molecule has 0 saturated heterocycles. The van der Waals surface area contributed by atoms with Crippen molar-refractivity contribution in [1.82, 2.24) is 5.32 Å². The number of amides is 1. The first-order chi connectivity index (χ1) is 15.7. The van der Waals surface area contributed by atoms with Gasteiger partial charge in [0.25, 0.3) is 5.91 Å². The zero-order chi connectivity index (χ0) is 24.2. The zero-order valence-corrected chi connectivity index (χ0v) is 24.0. The van der Waals surface area contributed by atoms with Gasteiger partial charge in [0, 0.05) is 13.0 Å². The van der Waals surface area contributed by atoms with Crippen molar-refractivity contribution in [2.75, 3.05) is 26.8 Å². The molecule has 0 aromatic heterocycles. The molecule has 0 bridgehead atoms. The largest absolute Gasteiger partial charge is 0.495 e. The maximum atomic E-state index is 12.6. The van der Waals surface area contributed by atoms with Crippen LogP contribution in [-0.2, 0) is 20.8 Å². The molecule has 0 radical (unpaired) electrons. The molecule has 1 aromatic carbocycles. The van der Waals surface area contributed by atoms with E-state index < -0.39 is 11.7 Å². The Morgan fingerprint density at radius 3 is 2.67 bits per heavy atom. The van der Waals surface area contributed by atoms with E-state index in [9.17, 15) is 9.90 Å². The van der Waals surface area contributed by atoms with E-state index in [0.717, 1.165) is 20.9 Å². The van der Waals surface area contributed by atoms with E-state index in [1.165, 1.54) is 7.11 Å². The Morgan fingerprint density at radius 1 is 1.33 bits per heavy atom. The van der Waals surface area contributed by atoms with Gasteiger partial charge in [-0.15, -0.1) is 0 Å². The molecule has 1 spiro atoms. The lowest BCUT2D eigenvalue weighted by Gasteiger charge is -2.33. The Labute approximate surface area is 225 Å². The highest BCUT2D eigenvalue weighted by atomic mass is 79.9. The van der Waals surface area contributed by atoms with Gasteiger partial charge in [-0.3, -0.25) is 4.79 Å². The van der Waals surface area contributed by atoms with Gasteiger partial charge in [0.15, 0.2) is 5.60 Å². The third-order valence-electron chi connectivity index (χ3n) is 5.09. The summed E-state index contributed by atoms with van der Waals surface area (Å²) in [5.74, 6) is 0.812. The second-order valence-corrected chi connectivity index (χ2v) is 10.8. The summed E-state index contributed by atoms with van der Waals surface area (Å²) in [5.41, 5.74) is 5.75. The van der Waals surface area contributed by atoms with Crippen LogP contribution in [0, 0.1) is 0 Å². The molecule has 1 aromatic rings. The van der Waals surface area contributed by atoms with Gasteiger partial charge in [0.1, 0.15) is 23.3 Å². The number of allylic oxidation sites excluding steroid dienone is 1. The minimum Gasteiger partial charge on any atom is -0.495 e. The maximum absolute atomic E-state index is 12.6. The van der Waals surface area contributed by atoms with Crippen LogP contribution in [0.4, 0.5) is 0 Å². The predicted octanol–water partition coefficient (Wildman–Crippen LogP) is 4.02. The third-order valence-corrected chi connectivity index (χ3v) is 7.65. The summed E-state index contributed by atoms with van der Waals surface area (Å²) in [7, 11) is 1.50. The van der Waals surface area contributed by atoms with Gasteiger partial charge in [-0.2, -0.15) is 0 Å². The Balaban J connectivity index is 1.48. The standard InChI is InChI=1S/C21H23Br4N3O5/c1-31-18-14(24)9-21(19(29)16(18)25)10-15(28-33-21)20(30)27-5-2-6-32-17-12(22)7-11(3-4-26)8-13(17)23/h7-9,19,29H,2-6,10,26H2,1H3,(H,27,30)/t19-,21-/m0/s1. The molecule has 1 aliphatic carbocycles. The summed E-state index contributed by atoms with van der Waals surface area (Å²) in [4.78, 5) is 18.1. The van der Waals surface area contributed by atoms with Crippen LogP contribution in [0.5, 0.6) is 5.75 Å². The zero-order valence-electron chi connectivity index (χ0n) is 17.7. The molecule has 3 rings (SSSR count). The molecular weight excluding hydrogens is 694 g/mol. The van der Waals surface area contributed by atoms with E-state index >= 15 is 0 Å². The van der Waals surface area contributed by atoms with Crippen molar-refractivity contribution >= 4 is 75.3 Å². The number of aliphatic hydroxyl groups is 1. The minimum absolute atomic E-state index is 0.118. The molecule has 2 atom stereocenters. The number of oxime groups is 1. The lowest BCUT2D eigenvalue weighted by molar-refractivity contribution is -0.114. The van der Waals surface area contributed by atoms with Crippen molar-refractivity contribution < 1.29 is 24.2 Å². The number of halogens is 4. The molecule has 8 nitrogen and oxygen atoms in total. The lowest BCUT2D eigenvalue weighted by Crippen LogP contribution is -2.45. The normalized spacial score (nSPS) is 22.1. The number of aliphatic hydroxyl groups excluding tert-OH is 1. The Bertz CT molecular complexity index is 991. The van der Waals surface area contributed by atoms with Gasteiger partial charge in [0.2, 0.25) is 0 Å². The number of methoxy groups -OCH3 is 1. The predicted molar refractivity (Wildman–Crippen MR) is 140 cm³/mol. The maximum Gasteiger partial charge on any atom is 0.269 e. The average molecular weight is 717 g/mol. The summed E-state index contributed by atoms with van der Waals surface area (Å²) in [5, 5.41) is 17.4. The lowest BCUT2D eigenvalue weighted by atomic mass is 9.87. The fraction of sp³-hybridized carbons (Fsp3) is 0.429. The first-order valence-corrected chi connectivity index (χ1v) is 13.2. The van der Waals surface area contributed by atoms with Crippen molar-refractivity contribution in [3.8, 4) is 5.75 Å². The van der Waals surface area contributed by atoms with E-state index in [0.29, 0.717) is 46.6 Å². The Kier molecular flexibility index (Phi) is 9.44. The molecule has 12 heteroatoms. The van der Waals surface area contributed by atoms with Crippen molar-refractivity contribution in [1.29, 1.82) is 0 Å². The van der Waals surface area contributed by atoms with Crippen LogP contribution in [0.3, 0.4) is 0 Å². The van der Waals surface area contributed by atoms with Crippen LogP contribution in [0.1, 0.15) is 18.4 Å². The second-order valence-electron chi connectivity index (χ2n) is 7.42. The van der Waals surface area contributed by atoms with Gasteiger partial charge in [-0.05, 0) is 107 Å². The molecule has 0 saturated carbocycles. The van der Waals surface area contributed by atoms with Crippen LogP contribution < -0.4 is 15.8 Å². The Hall–Kier alpha value is -0.920. The quantitative estimate of drug-likeness (QED) is 0.333. The number of nitrogens with two attached hydrogens (primary N) is 1. The van der Waals surface area contributed by atoms with E-state index in [1.807, 2.05) is 12.1 Å². The number of carbonyl (C=O) groups is 1. The van der Waals surface area contributed by atoms with Gasteiger partial charge in [-0.1, -0.05) is 5.16 Å². The van der Waals surface area contributed by atoms with Crippen molar-refractivity contribution in [2.45, 2.75) is 31.0 Å². The van der Waals surface area contributed by atoms with Crippen LogP contribution in [0.25, 0.3) is 0 Å². The van der Waals surface area contributed by atoms with E-state index in [-0.39, 0.29) is 18.0 Å². The monoisotopic (exact) mass is 713 g/mol. The number of hydrogen-bond donors (Lipinski definition) is 3. The first kappa shape index (κ1) is 26.7. The fourth-order valence-electron chi connectivity index (χ4n) is 3.43. The summed E-state index contributed by atoms with van der Waals surface area (Å²) in [6.07, 6.45) is 2.08. The molecule has 33 heavy (non-hydrogen) atoms. The van der Waals surface area contributed by atoms with Crippen LogP contribution >= 0.6 is 63.7 Å². The molecule has 1 amide bonds. The molecule has 0 unspecified atom stereocenters. The van der Waals surface area contributed by atoms with Crippen molar-refractivity contribution in [3.05, 3.63) is 47.4 Å². The van der Waals surface area contributed by atoms with E-state index in [4.69, 9.17) is 20.0 Å². The number of nitrogens with one attached hydrogen (secondary N) is 1. The molecular formula is C21H23Br4N3O5. The highest BCUT2D eigenvalue weighted by Gasteiger charge is 2.50. The first-order valence-electron chi connectivity index (χ1n) is 10.1. The number of nitrogens with zero attached hydrogens (tertiary/aromatic N) is 1. The van der Waals surface area contributed by atoms with Gasteiger partial charge in [-0.25, -0.2) is 0 Å². The van der Waals surface area contributed by atoms with Crippen molar-refractivity contribution in [3.63, 3.8) is 0 Å². The molecule has 1 aliphatic heterocycles. The summed E-state index contributed by atoms with van der Waals surface area (Å²) in [6.45, 7) is 1.38. The number of hydrogen-bond acceptors (Lipinski definition) is 7. The number of ether oxygens (including phenoxy) is 2. The fourth-order valence-corrected chi connectivity index (χ4v) is 6.73. The van der Waals surface area contributed by atoms with Gasteiger partial charge < -0.3 is 30.5 Å². The van der Waals surface area contributed by atoms with Gasteiger partial charge in [0.05, 0.1) is 31.6 Å². The smallest absolute Gasteiger partial charge is 0.269 e. The number of benzene rings is 1. The van der Waals surface area contributed by atoms with Crippen LogP contribution in [0.2, 0.25) is 0 Å². The van der Waals surface area contributed by atoms with Gasteiger partial charge >= 0.3 is 0 Å². The molecule has 2 aliphatic rings. The minimum atomic E-state index is -1.18. The molecule has 4 N–H and O–H groups in total. The SMILES string of the molecule is COC1=C(Br)[C@H](O)[C@]2(C=C1Br)CC(C(=O)NCCCOc1c(Br)cc(CCN)cc1Br)=NO2. The third kappa shape index (κ3) is 6.02.